The van der Waals surface area contributed by atoms with Gasteiger partial charge in [0.05, 0.1) is 26.5 Å². The Balaban J connectivity index is 2.70. The molecule has 0 aliphatic heterocycles. The maximum absolute atomic E-state index is 11.8. The third kappa shape index (κ3) is 1.91. The van der Waals surface area contributed by atoms with Crippen molar-refractivity contribution in [2.24, 2.45) is 0 Å². The number of hydrogen-bond donors (Lipinski definition) is 3. The van der Waals surface area contributed by atoms with E-state index in [-0.39, 0.29) is 38.0 Å². The van der Waals surface area contributed by atoms with Crippen molar-refractivity contribution in [2.75, 3.05) is 0 Å². The Kier molecular flexibility index (Phi) is 3.21. The molecule has 1 heterocycles. The normalized spacial score (nSPS) is 11.2. The minimum atomic E-state index is -1.16. The molecule has 0 saturated carbocycles. The maximum atomic E-state index is 11.8. The number of halogens is 1. The van der Waals surface area contributed by atoms with E-state index < -0.39 is 5.97 Å². The van der Waals surface area contributed by atoms with E-state index in [1.54, 1.807) is 12.1 Å². The zero-order valence-corrected chi connectivity index (χ0v) is 13.4. The van der Waals surface area contributed by atoms with E-state index >= 15 is 0 Å². The molecule has 3 N–H and O–H groups in total. The first-order chi connectivity index (χ1) is 10.3. The number of pyridine rings is 1. The highest BCUT2D eigenvalue weighted by atomic mass is 79.9. The zero-order chi connectivity index (χ0) is 16.2. The molecule has 1 aromatic heterocycles. The number of hydrogen-bond acceptors (Lipinski definition) is 4. The van der Waals surface area contributed by atoms with Gasteiger partial charge in [-0.3, -0.25) is 0 Å². The van der Waals surface area contributed by atoms with Gasteiger partial charge in [0.1, 0.15) is 11.5 Å². The topological polar surface area (TPSA) is 90.7 Å². The van der Waals surface area contributed by atoms with Crippen LogP contribution in [-0.4, -0.2) is 26.3 Å². The second-order valence-corrected chi connectivity index (χ2v) is 5.97. The molecule has 0 atom stereocenters. The Morgan fingerprint density at radius 3 is 2.50 bits per heavy atom. The van der Waals surface area contributed by atoms with Crippen LogP contribution in [0.5, 0.6) is 11.5 Å². The summed E-state index contributed by atoms with van der Waals surface area (Å²) in [5.74, 6) is -1.58. The SMILES string of the molecule is Cc1ccc2nc3c(Br)c(O)c(C)c(O)c3c(C(=O)O)c2c1. The third-order valence-electron chi connectivity index (χ3n) is 3.72. The number of carboxylic acids is 1. The highest BCUT2D eigenvalue weighted by molar-refractivity contribution is 9.10. The second kappa shape index (κ2) is 4.84. The van der Waals surface area contributed by atoms with E-state index in [1.807, 2.05) is 13.0 Å². The number of aromatic hydroxyl groups is 2. The fourth-order valence-corrected chi connectivity index (χ4v) is 3.15. The van der Waals surface area contributed by atoms with Crippen molar-refractivity contribution in [1.82, 2.24) is 4.98 Å². The first-order valence-electron chi connectivity index (χ1n) is 6.50. The first-order valence-corrected chi connectivity index (χ1v) is 7.29. The van der Waals surface area contributed by atoms with Crippen molar-refractivity contribution in [3.05, 3.63) is 39.4 Å². The van der Waals surface area contributed by atoms with Crippen molar-refractivity contribution >= 4 is 43.7 Å². The molecule has 3 rings (SSSR count). The molecule has 22 heavy (non-hydrogen) atoms. The Morgan fingerprint density at radius 1 is 1.18 bits per heavy atom. The van der Waals surface area contributed by atoms with E-state index in [9.17, 15) is 20.1 Å². The Morgan fingerprint density at radius 2 is 1.86 bits per heavy atom. The van der Waals surface area contributed by atoms with Crippen LogP contribution in [0.1, 0.15) is 21.5 Å². The lowest BCUT2D eigenvalue weighted by atomic mass is 9.98. The summed E-state index contributed by atoms with van der Waals surface area (Å²) in [6, 6.07) is 5.27. The number of nitrogens with zero attached hydrogens (tertiary/aromatic N) is 1. The number of rotatable bonds is 1. The summed E-state index contributed by atoms with van der Waals surface area (Å²) in [6.07, 6.45) is 0. The van der Waals surface area contributed by atoms with Crippen molar-refractivity contribution in [1.29, 1.82) is 0 Å². The number of fused-ring (bicyclic) bond motifs is 2. The van der Waals surface area contributed by atoms with Gasteiger partial charge in [0.25, 0.3) is 0 Å². The van der Waals surface area contributed by atoms with Crippen LogP contribution < -0.4 is 0 Å². The number of aromatic nitrogens is 1. The summed E-state index contributed by atoms with van der Waals surface area (Å²) < 4.78 is 0.266. The summed E-state index contributed by atoms with van der Waals surface area (Å²) in [6.45, 7) is 3.37. The number of aromatic carboxylic acids is 1. The standard InChI is InChI=1S/C16H12BrNO4/c1-6-3-4-9-8(5-6)10(16(21)22)11-13(18-9)12(17)15(20)7(2)14(11)19/h3-5,19-20H,1-2H3,(H,21,22). The molecular formula is C16H12BrNO4. The third-order valence-corrected chi connectivity index (χ3v) is 4.47. The van der Waals surface area contributed by atoms with Gasteiger partial charge in [-0.15, -0.1) is 0 Å². The summed E-state index contributed by atoms with van der Waals surface area (Å²) >= 11 is 3.23. The van der Waals surface area contributed by atoms with Crippen molar-refractivity contribution in [2.45, 2.75) is 13.8 Å². The molecule has 0 aliphatic rings. The highest BCUT2D eigenvalue weighted by Gasteiger charge is 2.23. The zero-order valence-electron chi connectivity index (χ0n) is 11.8. The van der Waals surface area contributed by atoms with E-state index in [0.29, 0.717) is 10.9 Å². The summed E-state index contributed by atoms with van der Waals surface area (Å²) in [4.78, 5) is 16.2. The predicted octanol–water partition coefficient (Wildman–Crippen LogP) is 3.88. The fourth-order valence-electron chi connectivity index (χ4n) is 2.56. The molecule has 0 fully saturated rings. The average molecular weight is 362 g/mol. The number of carboxylic acid groups (broad SMARTS) is 1. The minimum absolute atomic E-state index is 0.0231. The molecule has 112 valence electrons. The average Bonchev–Trinajstić information content (AvgIpc) is 2.48. The number of benzene rings is 2. The summed E-state index contributed by atoms with van der Waals surface area (Å²) in [7, 11) is 0. The number of phenolic OH excluding ortho intramolecular Hbond substituents is 2. The lowest BCUT2D eigenvalue weighted by Crippen LogP contribution is -2.02. The fraction of sp³-hybridized carbons (Fsp3) is 0.125. The van der Waals surface area contributed by atoms with Crippen molar-refractivity contribution in [3.8, 4) is 11.5 Å². The Labute approximate surface area is 134 Å². The summed E-state index contributed by atoms with van der Waals surface area (Å²) in [5, 5.41) is 30.6. The number of phenols is 2. The van der Waals surface area contributed by atoms with Crippen LogP contribution in [0.25, 0.3) is 21.8 Å². The number of aryl methyl sites for hydroxylation is 1. The molecule has 0 aliphatic carbocycles. The molecule has 0 bridgehead atoms. The monoisotopic (exact) mass is 361 g/mol. The van der Waals surface area contributed by atoms with Gasteiger partial charge in [-0.1, -0.05) is 11.6 Å². The van der Waals surface area contributed by atoms with Gasteiger partial charge >= 0.3 is 5.97 Å². The van der Waals surface area contributed by atoms with Crippen LogP contribution >= 0.6 is 15.9 Å². The van der Waals surface area contributed by atoms with E-state index in [2.05, 4.69) is 20.9 Å². The molecule has 0 saturated heterocycles. The number of carbonyl (C=O) groups is 1. The van der Waals surface area contributed by atoms with E-state index in [4.69, 9.17) is 0 Å². The molecule has 0 amide bonds. The lowest BCUT2D eigenvalue weighted by Gasteiger charge is -2.14. The quantitative estimate of drug-likeness (QED) is 0.572. The Hall–Kier alpha value is -2.34. The van der Waals surface area contributed by atoms with Gasteiger partial charge in [-0.05, 0) is 41.9 Å². The lowest BCUT2D eigenvalue weighted by molar-refractivity contribution is 0.0700. The van der Waals surface area contributed by atoms with Gasteiger partial charge < -0.3 is 15.3 Å². The van der Waals surface area contributed by atoms with Crippen molar-refractivity contribution < 1.29 is 20.1 Å². The van der Waals surface area contributed by atoms with Gasteiger partial charge in [0, 0.05) is 10.9 Å². The van der Waals surface area contributed by atoms with Gasteiger partial charge in [0.15, 0.2) is 0 Å². The molecule has 0 unspecified atom stereocenters. The van der Waals surface area contributed by atoms with E-state index in [1.165, 1.54) is 6.92 Å². The molecular weight excluding hydrogens is 350 g/mol. The summed E-state index contributed by atoms with van der Waals surface area (Å²) in [5.41, 5.74) is 1.78. The van der Waals surface area contributed by atoms with Crippen molar-refractivity contribution in [3.63, 3.8) is 0 Å². The van der Waals surface area contributed by atoms with Crippen LogP contribution in [0.2, 0.25) is 0 Å². The molecule has 0 radical (unpaired) electrons. The van der Waals surface area contributed by atoms with Crippen LogP contribution in [-0.2, 0) is 0 Å². The van der Waals surface area contributed by atoms with Crippen LogP contribution in [0.15, 0.2) is 22.7 Å². The molecule has 5 nitrogen and oxygen atoms in total. The van der Waals surface area contributed by atoms with Gasteiger partial charge in [0.2, 0.25) is 0 Å². The molecule has 3 aromatic rings. The van der Waals surface area contributed by atoms with Crippen LogP contribution in [0.3, 0.4) is 0 Å². The van der Waals surface area contributed by atoms with Crippen LogP contribution in [0, 0.1) is 13.8 Å². The highest BCUT2D eigenvalue weighted by Crippen LogP contribution is 2.44. The smallest absolute Gasteiger partial charge is 0.337 e. The van der Waals surface area contributed by atoms with E-state index in [0.717, 1.165) is 5.56 Å². The van der Waals surface area contributed by atoms with Gasteiger partial charge in [-0.25, -0.2) is 9.78 Å². The maximum Gasteiger partial charge on any atom is 0.337 e. The second-order valence-electron chi connectivity index (χ2n) is 5.17. The molecule has 0 spiro atoms. The predicted molar refractivity (Wildman–Crippen MR) is 86.7 cm³/mol. The molecule has 6 heteroatoms. The first kappa shape index (κ1) is 14.6. The van der Waals surface area contributed by atoms with Gasteiger partial charge in [-0.2, -0.15) is 0 Å². The largest absolute Gasteiger partial charge is 0.507 e. The minimum Gasteiger partial charge on any atom is -0.507 e. The van der Waals surface area contributed by atoms with Crippen LogP contribution in [0.4, 0.5) is 0 Å². The molecule has 2 aromatic carbocycles. The Bertz CT molecular complexity index is 966.